The van der Waals surface area contributed by atoms with Crippen molar-refractivity contribution < 1.29 is 19.0 Å². The Labute approximate surface area is 282 Å². The lowest BCUT2D eigenvalue weighted by atomic mass is 9.95. The van der Waals surface area contributed by atoms with Crippen molar-refractivity contribution in [2.45, 2.75) is 90.6 Å². The van der Waals surface area contributed by atoms with Crippen LogP contribution in [0.4, 0.5) is 10.6 Å². The summed E-state index contributed by atoms with van der Waals surface area (Å²) in [6.07, 6.45) is 9.90. The van der Waals surface area contributed by atoms with E-state index in [1.807, 2.05) is 69.4 Å². The number of carbonyl (C=O) groups is 1. The van der Waals surface area contributed by atoms with Gasteiger partial charge >= 0.3 is 6.09 Å². The molecule has 47 heavy (non-hydrogen) atoms. The topological polar surface area (TPSA) is 120 Å². The highest BCUT2D eigenvalue weighted by Crippen LogP contribution is 2.43. The van der Waals surface area contributed by atoms with E-state index in [1.54, 1.807) is 18.3 Å². The first kappa shape index (κ1) is 34.4. The van der Waals surface area contributed by atoms with E-state index < -0.39 is 11.6 Å². The van der Waals surface area contributed by atoms with Gasteiger partial charge in [-0.25, -0.2) is 14.8 Å². The molecule has 2 unspecified atom stereocenters. The lowest BCUT2D eigenvalue weighted by Gasteiger charge is -2.33. The van der Waals surface area contributed by atoms with Gasteiger partial charge in [0.05, 0.1) is 31.7 Å². The molecule has 5 rings (SSSR count). The first-order chi connectivity index (χ1) is 22.4. The highest BCUT2D eigenvalue weighted by atomic mass is 35.5. The van der Waals surface area contributed by atoms with Gasteiger partial charge < -0.3 is 24.4 Å². The van der Waals surface area contributed by atoms with Gasteiger partial charge in [0.25, 0.3) is 0 Å². The van der Waals surface area contributed by atoms with Gasteiger partial charge in [-0.3, -0.25) is 14.2 Å². The molecule has 0 bridgehead atoms. The first-order valence-corrected chi connectivity index (χ1v) is 16.6. The van der Waals surface area contributed by atoms with Crippen LogP contribution in [-0.2, 0) is 9.47 Å². The standard InChI is InChI=1S/C34H47ClN8O4/c1-21-26(35)17-25(22(2)40-31(36-6)29-32(37-7)42(20-38-29)27-11-9-10-16-46-27)30(45-8)28(21)23-18-39-43(19-23)24-12-14-41(15-13-24)33(44)47-34(3,4)5/h17-20,22,24,27,37H,6,9-16H2,1-5,7-8H3. The summed E-state index contributed by atoms with van der Waals surface area (Å²) in [6.45, 7) is 15.3. The van der Waals surface area contributed by atoms with Crippen LogP contribution in [0.15, 0.2) is 34.8 Å². The summed E-state index contributed by atoms with van der Waals surface area (Å²) in [5.74, 6) is 1.84. The first-order valence-electron chi connectivity index (χ1n) is 16.3. The zero-order chi connectivity index (χ0) is 33.9. The fourth-order valence-electron chi connectivity index (χ4n) is 6.29. The second-order valence-electron chi connectivity index (χ2n) is 13.1. The van der Waals surface area contributed by atoms with Gasteiger partial charge in [-0.15, -0.1) is 0 Å². The lowest BCUT2D eigenvalue weighted by molar-refractivity contribution is -0.0307. The largest absolute Gasteiger partial charge is 0.496 e. The summed E-state index contributed by atoms with van der Waals surface area (Å²) in [7, 11) is 3.50. The molecule has 3 aromatic rings. The Morgan fingerprint density at radius 2 is 1.98 bits per heavy atom. The summed E-state index contributed by atoms with van der Waals surface area (Å²) >= 11 is 6.86. The number of anilines is 1. The van der Waals surface area contributed by atoms with Crippen LogP contribution in [0.5, 0.6) is 5.75 Å². The fraction of sp³-hybridized carbons (Fsp3) is 0.559. The smallest absolute Gasteiger partial charge is 0.410 e. The van der Waals surface area contributed by atoms with Crippen LogP contribution in [0.1, 0.15) is 94.9 Å². The average molecular weight is 667 g/mol. The number of hydrogen-bond acceptors (Lipinski definition) is 8. The fourth-order valence-corrected chi connectivity index (χ4v) is 6.50. The molecule has 0 aliphatic carbocycles. The number of benzene rings is 1. The number of methoxy groups -OCH3 is 1. The van der Waals surface area contributed by atoms with Crippen molar-refractivity contribution in [3.8, 4) is 16.9 Å². The molecule has 1 aromatic carbocycles. The molecular formula is C34H47ClN8O4. The number of halogens is 1. The van der Waals surface area contributed by atoms with Crippen LogP contribution >= 0.6 is 11.6 Å². The van der Waals surface area contributed by atoms with Crippen molar-refractivity contribution in [2.75, 3.05) is 39.2 Å². The Morgan fingerprint density at radius 3 is 2.60 bits per heavy atom. The minimum atomic E-state index is -0.521. The van der Waals surface area contributed by atoms with E-state index >= 15 is 0 Å². The maximum atomic E-state index is 12.6. The van der Waals surface area contributed by atoms with Crippen LogP contribution in [0.3, 0.4) is 0 Å². The molecule has 12 nitrogen and oxygen atoms in total. The molecule has 1 N–H and O–H groups in total. The van der Waals surface area contributed by atoms with Crippen LogP contribution < -0.4 is 10.1 Å². The number of piperidine rings is 1. The molecule has 0 radical (unpaired) electrons. The Kier molecular flexibility index (Phi) is 10.6. The normalized spacial score (nSPS) is 18.6. The number of rotatable bonds is 8. The number of likely N-dealkylation sites (tertiary alicyclic amines) is 1. The van der Waals surface area contributed by atoms with Gasteiger partial charge in [-0.05, 0) is 85.1 Å². The number of amidine groups is 1. The van der Waals surface area contributed by atoms with Gasteiger partial charge in [-0.2, -0.15) is 5.10 Å². The number of ether oxygens (including phenoxy) is 3. The van der Waals surface area contributed by atoms with E-state index in [1.165, 1.54) is 0 Å². The predicted octanol–water partition coefficient (Wildman–Crippen LogP) is 7.24. The number of nitrogens with zero attached hydrogens (tertiary/aromatic N) is 7. The monoisotopic (exact) mass is 666 g/mol. The van der Waals surface area contributed by atoms with Crippen molar-refractivity contribution in [2.24, 2.45) is 9.98 Å². The number of aliphatic imine (C=N–C) groups is 2. The van der Waals surface area contributed by atoms with Crippen molar-refractivity contribution in [1.82, 2.24) is 24.2 Å². The van der Waals surface area contributed by atoms with Crippen molar-refractivity contribution in [1.29, 1.82) is 0 Å². The number of nitrogens with one attached hydrogen (secondary N) is 1. The highest BCUT2D eigenvalue weighted by molar-refractivity contribution is 6.32. The van der Waals surface area contributed by atoms with Crippen LogP contribution in [0, 0.1) is 6.92 Å². The molecule has 1 amide bonds. The zero-order valence-electron chi connectivity index (χ0n) is 28.5. The molecule has 0 saturated carbocycles. The third kappa shape index (κ3) is 7.49. The summed E-state index contributed by atoms with van der Waals surface area (Å²) in [4.78, 5) is 28.2. The molecule has 2 saturated heterocycles. The minimum absolute atomic E-state index is 0.0899. The van der Waals surface area contributed by atoms with E-state index in [-0.39, 0.29) is 18.4 Å². The number of amides is 1. The molecule has 4 heterocycles. The van der Waals surface area contributed by atoms with Crippen LogP contribution in [0.2, 0.25) is 5.02 Å². The van der Waals surface area contributed by atoms with Crippen molar-refractivity contribution in [3.05, 3.63) is 46.6 Å². The van der Waals surface area contributed by atoms with Gasteiger partial charge in [-0.1, -0.05) is 11.6 Å². The predicted molar refractivity (Wildman–Crippen MR) is 185 cm³/mol. The molecule has 2 aromatic heterocycles. The summed E-state index contributed by atoms with van der Waals surface area (Å²) < 4.78 is 21.6. The second kappa shape index (κ2) is 14.5. The van der Waals surface area contributed by atoms with E-state index in [2.05, 4.69) is 22.0 Å². The third-order valence-electron chi connectivity index (χ3n) is 8.71. The SMILES string of the molecule is C=NC(=NC(C)c1cc(Cl)c(C)c(-c2cnn(C3CCN(C(=O)OC(C)(C)C)CC3)c2)c1OC)c1ncn(C2CCCCO2)c1NC. The molecule has 2 fully saturated rings. The van der Waals surface area contributed by atoms with E-state index in [9.17, 15) is 4.79 Å². The van der Waals surface area contributed by atoms with E-state index in [0.29, 0.717) is 35.4 Å². The molecular weight excluding hydrogens is 620 g/mol. The maximum absolute atomic E-state index is 12.6. The Morgan fingerprint density at radius 1 is 1.23 bits per heavy atom. The third-order valence-corrected chi connectivity index (χ3v) is 9.11. The Bertz CT molecular complexity index is 1610. The van der Waals surface area contributed by atoms with Crippen LogP contribution in [0.25, 0.3) is 11.1 Å². The van der Waals surface area contributed by atoms with Gasteiger partial charge in [0, 0.05) is 54.7 Å². The molecule has 2 aliphatic rings. The quantitative estimate of drug-likeness (QED) is 0.199. The Hall–Kier alpha value is -3.90. The number of aromatic nitrogens is 4. The molecule has 0 spiro atoms. The van der Waals surface area contributed by atoms with Gasteiger partial charge in [0.2, 0.25) is 0 Å². The number of hydrogen-bond donors (Lipinski definition) is 1. The minimum Gasteiger partial charge on any atom is -0.496 e. The van der Waals surface area contributed by atoms with Gasteiger partial charge in [0.1, 0.15) is 29.1 Å². The van der Waals surface area contributed by atoms with E-state index in [4.69, 9.17) is 35.9 Å². The maximum Gasteiger partial charge on any atom is 0.410 e. The summed E-state index contributed by atoms with van der Waals surface area (Å²) in [5.41, 5.74) is 3.51. The van der Waals surface area contributed by atoms with Crippen molar-refractivity contribution in [3.63, 3.8) is 0 Å². The van der Waals surface area contributed by atoms with Crippen LogP contribution in [-0.4, -0.2) is 82.3 Å². The number of carbonyl (C=O) groups excluding carboxylic acids is 1. The average Bonchev–Trinajstić information content (AvgIpc) is 3.72. The molecule has 254 valence electrons. The van der Waals surface area contributed by atoms with E-state index in [0.717, 1.165) is 66.8 Å². The summed E-state index contributed by atoms with van der Waals surface area (Å²) in [6, 6.07) is 1.66. The number of imidazole rings is 1. The molecule has 2 atom stereocenters. The zero-order valence-corrected chi connectivity index (χ0v) is 29.3. The van der Waals surface area contributed by atoms with Gasteiger partial charge in [0.15, 0.2) is 5.84 Å². The molecule has 13 heteroatoms. The Balaban J connectivity index is 1.41. The second-order valence-corrected chi connectivity index (χ2v) is 13.5. The van der Waals surface area contributed by atoms with Crippen molar-refractivity contribution >= 4 is 36.1 Å². The highest BCUT2D eigenvalue weighted by Gasteiger charge is 2.29. The summed E-state index contributed by atoms with van der Waals surface area (Å²) in [5, 5.41) is 8.58. The lowest BCUT2D eigenvalue weighted by Crippen LogP contribution is -2.42. The molecule has 2 aliphatic heterocycles.